The number of hydrogen-bond acceptors (Lipinski definition) is 6. The van der Waals surface area contributed by atoms with E-state index in [4.69, 9.17) is 4.42 Å². The van der Waals surface area contributed by atoms with Gasteiger partial charge in [-0.2, -0.15) is 10.1 Å². The number of nitrogens with one attached hydrogen (secondary N) is 1. The Labute approximate surface area is 165 Å². The Morgan fingerprint density at radius 1 is 1.14 bits per heavy atom. The maximum Gasteiger partial charge on any atom is 0.332 e. The van der Waals surface area contributed by atoms with Gasteiger partial charge < -0.3 is 4.42 Å². The number of benzene rings is 1. The van der Waals surface area contributed by atoms with Gasteiger partial charge in [-0.1, -0.05) is 29.8 Å². The summed E-state index contributed by atoms with van der Waals surface area (Å²) < 4.78 is 9.37. The number of aryl methyl sites for hydroxylation is 2. The summed E-state index contributed by atoms with van der Waals surface area (Å²) in [5.74, 6) is 0.920. The molecule has 0 saturated carbocycles. The SMILES string of the molecule is Cc1ccc(Cn2c(NN=Cc3ccco3)nc3c2c(=O)n(C)c(=O)n3C)cc1. The summed E-state index contributed by atoms with van der Waals surface area (Å²) >= 11 is 0. The molecule has 0 fully saturated rings. The number of aromatic nitrogens is 4. The van der Waals surface area contributed by atoms with E-state index in [1.807, 2.05) is 31.2 Å². The Morgan fingerprint density at radius 3 is 2.59 bits per heavy atom. The lowest BCUT2D eigenvalue weighted by molar-refractivity contribution is 0.560. The van der Waals surface area contributed by atoms with E-state index >= 15 is 0 Å². The lowest BCUT2D eigenvalue weighted by Gasteiger charge is -2.09. The average Bonchev–Trinajstić information content (AvgIpc) is 3.35. The van der Waals surface area contributed by atoms with Gasteiger partial charge in [0.15, 0.2) is 11.2 Å². The Balaban J connectivity index is 1.85. The summed E-state index contributed by atoms with van der Waals surface area (Å²) in [6.45, 7) is 2.40. The van der Waals surface area contributed by atoms with E-state index in [9.17, 15) is 9.59 Å². The minimum absolute atomic E-state index is 0.293. The van der Waals surface area contributed by atoms with Gasteiger partial charge in [0.1, 0.15) is 5.76 Å². The van der Waals surface area contributed by atoms with E-state index in [2.05, 4.69) is 15.5 Å². The molecule has 29 heavy (non-hydrogen) atoms. The van der Waals surface area contributed by atoms with Crippen LogP contribution in [-0.4, -0.2) is 24.9 Å². The summed E-state index contributed by atoms with van der Waals surface area (Å²) in [5, 5.41) is 4.15. The zero-order valence-electron chi connectivity index (χ0n) is 16.3. The van der Waals surface area contributed by atoms with Crippen LogP contribution in [0.4, 0.5) is 5.95 Å². The number of imidazole rings is 1. The molecule has 0 aliphatic carbocycles. The smallest absolute Gasteiger partial charge is 0.332 e. The highest BCUT2D eigenvalue weighted by Gasteiger charge is 2.19. The summed E-state index contributed by atoms with van der Waals surface area (Å²) in [6, 6.07) is 11.5. The molecule has 0 aliphatic heterocycles. The molecule has 148 valence electrons. The van der Waals surface area contributed by atoms with Gasteiger partial charge in [0.2, 0.25) is 5.95 Å². The van der Waals surface area contributed by atoms with Crippen LogP contribution in [0.5, 0.6) is 0 Å². The quantitative estimate of drug-likeness (QED) is 0.413. The van der Waals surface area contributed by atoms with E-state index in [1.165, 1.54) is 17.8 Å². The lowest BCUT2D eigenvalue weighted by Crippen LogP contribution is -2.37. The number of hydrogen-bond donors (Lipinski definition) is 1. The van der Waals surface area contributed by atoms with Crippen molar-refractivity contribution in [2.75, 3.05) is 5.43 Å². The highest BCUT2D eigenvalue weighted by Crippen LogP contribution is 2.18. The molecule has 9 heteroatoms. The summed E-state index contributed by atoms with van der Waals surface area (Å²) in [6.07, 6.45) is 3.06. The van der Waals surface area contributed by atoms with Crippen LogP contribution in [0.15, 0.2) is 61.8 Å². The van der Waals surface area contributed by atoms with Crippen LogP contribution < -0.4 is 16.7 Å². The molecule has 0 saturated heterocycles. The standard InChI is InChI=1S/C20H20N6O3/c1-13-6-8-14(9-7-13)12-26-16-17(24(2)20(28)25(3)18(16)27)22-19(26)23-21-11-15-5-4-10-29-15/h4-11H,12H2,1-3H3,(H,22,23). The number of furan rings is 1. The third kappa shape index (κ3) is 3.38. The van der Waals surface area contributed by atoms with E-state index in [0.717, 1.165) is 15.7 Å². The second-order valence-corrected chi connectivity index (χ2v) is 6.77. The molecule has 0 amide bonds. The monoisotopic (exact) mass is 392 g/mol. The number of nitrogens with zero attached hydrogens (tertiary/aromatic N) is 5. The molecule has 0 radical (unpaired) electrons. The van der Waals surface area contributed by atoms with Crippen LogP contribution in [0.2, 0.25) is 0 Å². The van der Waals surface area contributed by atoms with Crippen molar-refractivity contribution in [3.63, 3.8) is 0 Å². The van der Waals surface area contributed by atoms with Crippen molar-refractivity contribution in [1.29, 1.82) is 0 Å². The van der Waals surface area contributed by atoms with Gasteiger partial charge in [-0.3, -0.25) is 18.5 Å². The maximum absolute atomic E-state index is 12.8. The summed E-state index contributed by atoms with van der Waals surface area (Å²) in [7, 11) is 3.04. The van der Waals surface area contributed by atoms with Crippen molar-refractivity contribution in [2.45, 2.75) is 13.5 Å². The molecule has 4 rings (SSSR count). The Morgan fingerprint density at radius 2 is 1.90 bits per heavy atom. The van der Waals surface area contributed by atoms with E-state index < -0.39 is 11.2 Å². The molecule has 4 aromatic rings. The van der Waals surface area contributed by atoms with Crippen molar-refractivity contribution in [3.05, 3.63) is 80.4 Å². The normalized spacial score (nSPS) is 11.6. The average molecular weight is 392 g/mol. The second-order valence-electron chi connectivity index (χ2n) is 6.77. The molecule has 1 aromatic carbocycles. The van der Waals surface area contributed by atoms with Gasteiger partial charge in [-0.15, -0.1) is 0 Å². The molecule has 0 unspecified atom stereocenters. The van der Waals surface area contributed by atoms with Gasteiger partial charge in [0.25, 0.3) is 5.56 Å². The third-order valence-corrected chi connectivity index (χ3v) is 4.71. The first kappa shape index (κ1) is 18.5. The van der Waals surface area contributed by atoms with Crippen molar-refractivity contribution in [2.24, 2.45) is 19.2 Å². The minimum atomic E-state index is -0.437. The van der Waals surface area contributed by atoms with Crippen molar-refractivity contribution in [1.82, 2.24) is 18.7 Å². The van der Waals surface area contributed by atoms with E-state index in [0.29, 0.717) is 29.4 Å². The molecular weight excluding hydrogens is 372 g/mol. The van der Waals surface area contributed by atoms with Crippen molar-refractivity contribution in [3.8, 4) is 0 Å². The molecule has 1 N–H and O–H groups in total. The predicted molar refractivity (Wildman–Crippen MR) is 110 cm³/mol. The fraction of sp³-hybridized carbons (Fsp3) is 0.200. The fourth-order valence-corrected chi connectivity index (χ4v) is 3.08. The molecule has 0 atom stereocenters. The van der Waals surface area contributed by atoms with Crippen LogP contribution in [0.25, 0.3) is 11.2 Å². The first-order valence-corrected chi connectivity index (χ1v) is 9.00. The molecule has 0 spiro atoms. The highest BCUT2D eigenvalue weighted by atomic mass is 16.3. The minimum Gasteiger partial charge on any atom is -0.463 e. The van der Waals surface area contributed by atoms with Gasteiger partial charge in [0.05, 0.1) is 19.0 Å². The molecule has 9 nitrogen and oxygen atoms in total. The number of rotatable bonds is 5. The van der Waals surface area contributed by atoms with E-state index in [-0.39, 0.29) is 0 Å². The van der Waals surface area contributed by atoms with Crippen LogP contribution in [0.3, 0.4) is 0 Å². The van der Waals surface area contributed by atoms with Crippen molar-refractivity contribution >= 4 is 23.3 Å². The molecule has 0 bridgehead atoms. The number of anilines is 1. The maximum atomic E-state index is 12.8. The topological polar surface area (TPSA) is 99.3 Å². The molecular formula is C20H20N6O3. The van der Waals surface area contributed by atoms with Crippen LogP contribution >= 0.6 is 0 Å². The Hall–Kier alpha value is -3.88. The molecule has 3 aromatic heterocycles. The Bertz CT molecular complexity index is 1310. The first-order valence-electron chi connectivity index (χ1n) is 9.00. The highest BCUT2D eigenvalue weighted by molar-refractivity contribution is 5.77. The number of fused-ring (bicyclic) bond motifs is 1. The number of hydrazone groups is 1. The van der Waals surface area contributed by atoms with Gasteiger partial charge >= 0.3 is 5.69 Å². The van der Waals surface area contributed by atoms with Crippen molar-refractivity contribution < 1.29 is 4.42 Å². The van der Waals surface area contributed by atoms with Gasteiger partial charge in [-0.05, 0) is 24.6 Å². The zero-order valence-corrected chi connectivity index (χ0v) is 16.3. The predicted octanol–water partition coefficient (Wildman–Crippen LogP) is 1.83. The Kier molecular flexibility index (Phi) is 4.63. The second kappa shape index (κ2) is 7.27. The van der Waals surface area contributed by atoms with Gasteiger partial charge in [0, 0.05) is 14.1 Å². The van der Waals surface area contributed by atoms with Crippen LogP contribution in [-0.2, 0) is 20.6 Å². The lowest BCUT2D eigenvalue weighted by atomic mass is 10.1. The van der Waals surface area contributed by atoms with Crippen LogP contribution in [0, 0.1) is 6.92 Å². The zero-order chi connectivity index (χ0) is 20.5. The van der Waals surface area contributed by atoms with Crippen LogP contribution in [0.1, 0.15) is 16.9 Å². The molecule has 3 heterocycles. The molecule has 0 aliphatic rings. The third-order valence-electron chi connectivity index (χ3n) is 4.71. The first-order chi connectivity index (χ1) is 14.0. The largest absolute Gasteiger partial charge is 0.463 e. The fourth-order valence-electron chi connectivity index (χ4n) is 3.08. The van der Waals surface area contributed by atoms with E-state index in [1.54, 1.807) is 30.0 Å². The van der Waals surface area contributed by atoms with Gasteiger partial charge in [-0.25, -0.2) is 10.2 Å². The summed E-state index contributed by atoms with van der Waals surface area (Å²) in [5.41, 5.74) is 4.77. The summed E-state index contributed by atoms with van der Waals surface area (Å²) in [4.78, 5) is 29.6.